The predicted octanol–water partition coefficient (Wildman–Crippen LogP) is 2.51. The van der Waals surface area contributed by atoms with Gasteiger partial charge in [-0.25, -0.2) is 0 Å². The summed E-state index contributed by atoms with van der Waals surface area (Å²) in [6, 6.07) is -0.191. The molecule has 0 aromatic heterocycles. The Morgan fingerprint density at radius 1 is 1.19 bits per heavy atom. The summed E-state index contributed by atoms with van der Waals surface area (Å²) in [5.74, 6) is 0.309. The van der Waals surface area contributed by atoms with Crippen molar-refractivity contribution in [2.24, 2.45) is 5.92 Å². The monoisotopic (exact) mass is 225 g/mol. The summed E-state index contributed by atoms with van der Waals surface area (Å²) < 4.78 is 0. The molecule has 1 saturated heterocycles. The molecule has 1 atom stereocenters. The van der Waals surface area contributed by atoms with Crippen LogP contribution in [0.1, 0.15) is 51.4 Å². The van der Waals surface area contributed by atoms with Crippen molar-refractivity contribution < 1.29 is 9.90 Å². The normalized spacial score (nSPS) is 27.6. The summed E-state index contributed by atoms with van der Waals surface area (Å²) in [4.78, 5) is 13.2. The van der Waals surface area contributed by atoms with Crippen molar-refractivity contribution in [1.29, 1.82) is 0 Å². The lowest BCUT2D eigenvalue weighted by atomic mass is 10.0. The van der Waals surface area contributed by atoms with Crippen molar-refractivity contribution in [2.45, 2.75) is 57.4 Å². The van der Waals surface area contributed by atoms with Gasteiger partial charge in [-0.15, -0.1) is 0 Å². The van der Waals surface area contributed by atoms with Gasteiger partial charge < -0.3 is 5.11 Å². The van der Waals surface area contributed by atoms with E-state index in [2.05, 4.69) is 4.90 Å². The van der Waals surface area contributed by atoms with Crippen LogP contribution in [0.25, 0.3) is 0 Å². The minimum Gasteiger partial charge on any atom is -0.480 e. The molecular weight excluding hydrogens is 202 g/mol. The first-order valence-corrected chi connectivity index (χ1v) is 6.74. The Morgan fingerprint density at radius 2 is 1.94 bits per heavy atom. The van der Waals surface area contributed by atoms with E-state index in [1.165, 1.54) is 38.5 Å². The summed E-state index contributed by atoms with van der Waals surface area (Å²) in [6.45, 7) is 1.98. The van der Waals surface area contributed by atoms with Crippen LogP contribution in [0.2, 0.25) is 0 Å². The number of likely N-dealkylation sites (tertiary alicyclic amines) is 1. The highest BCUT2D eigenvalue weighted by Gasteiger charge is 2.29. The Labute approximate surface area is 97.8 Å². The molecule has 0 radical (unpaired) electrons. The minimum atomic E-state index is -0.627. The van der Waals surface area contributed by atoms with E-state index in [0.717, 1.165) is 31.8 Å². The van der Waals surface area contributed by atoms with Crippen molar-refractivity contribution >= 4 is 5.97 Å². The van der Waals surface area contributed by atoms with E-state index in [9.17, 15) is 4.79 Å². The number of carbonyl (C=O) groups is 1. The van der Waals surface area contributed by atoms with E-state index in [0.29, 0.717) is 0 Å². The van der Waals surface area contributed by atoms with E-state index in [1.54, 1.807) is 0 Å². The third-order valence-corrected chi connectivity index (χ3v) is 4.18. The second-order valence-electron chi connectivity index (χ2n) is 5.32. The van der Waals surface area contributed by atoms with Gasteiger partial charge in [-0.05, 0) is 44.7 Å². The van der Waals surface area contributed by atoms with Crippen LogP contribution in [0.5, 0.6) is 0 Å². The van der Waals surface area contributed by atoms with E-state index in [1.807, 2.05) is 0 Å². The van der Waals surface area contributed by atoms with Crippen molar-refractivity contribution in [1.82, 2.24) is 4.90 Å². The average molecular weight is 225 g/mol. The zero-order valence-corrected chi connectivity index (χ0v) is 10.0. The highest BCUT2D eigenvalue weighted by atomic mass is 16.4. The Bertz CT molecular complexity index is 236. The molecule has 3 heteroatoms. The van der Waals surface area contributed by atoms with Crippen LogP contribution >= 0.6 is 0 Å². The number of aliphatic carboxylic acids is 1. The Kier molecular flexibility index (Phi) is 4.22. The molecule has 0 spiro atoms. The molecule has 0 bridgehead atoms. The first kappa shape index (κ1) is 11.9. The van der Waals surface area contributed by atoms with E-state index >= 15 is 0 Å². The lowest BCUT2D eigenvalue weighted by molar-refractivity contribution is -0.142. The van der Waals surface area contributed by atoms with Crippen molar-refractivity contribution in [3.8, 4) is 0 Å². The third-order valence-electron chi connectivity index (χ3n) is 4.18. The van der Waals surface area contributed by atoms with Gasteiger partial charge in [0.1, 0.15) is 6.04 Å². The first-order chi connectivity index (χ1) is 7.77. The minimum absolute atomic E-state index is 0.191. The second-order valence-corrected chi connectivity index (χ2v) is 5.32. The molecule has 92 valence electrons. The number of hydrogen-bond donors (Lipinski definition) is 1. The number of carboxylic acids is 1. The molecule has 0 amide bonds. The van der Waals surface area contributed by atoms with Crippen LogP contribution in [0.15, 0.2) is 0 Å². The molecule has 1 aliphatic carbocycles. The largest absolute Gasteiger partial charge is 0.480 e. The smallest absolute Gasteiger partial charge is 0.320 e. The van der Waals surface area contributed by atoms with Crippen LogP contribution in [0.4, 0.5) is 0 Å². The topological polar surface area (TPSA) is 40.5 Å². The number of carboxylic acid groups (broad SMARTS) is 1. The first-order valence-electron chi connectivity index (χ1n) is 6.74. The Morgan fingerprint density at radius 3 is 2.62 bits per heavy atom. The average Bonchev–Trinajstić information content (AvgIpc) is 2.87. The number of rotatable bonds is 5. The fourth-order valence-corrected chi connectivity index (χ4v) is 3.26. The summed E-state index contributed by atoms with van der Waals surface area (Å²) in [5, 5.41) is 9.05. The molecule has 3 nitrogen and oxygen atoms in total. The highest BCUT2D eigenvalue weighted by molar-refractivity contribution is 5.73. The van der Waals surface area contributed by atoms with Gasteiger partial charge in [-0.2, -0.15) is 0 Å². The second kappa shape index (κ2) is 5.67. The molecule has 1 heterocycles. The zero-order chi connectivity index (χ0) is 11.4. The van der Waals surface area contributed by atoms with Gasteiger partial charge in [0.15, 0.2) is 0 Å². The zero-order valence-electron chi connectivity index (χ0n) is 10.0. The SMILES string of the molecule is O=C(O)[C@@H]1CCCN1CCCC1CCCC1. The van der Waals surface area contributed by atoms with E-state index < -0.39 is 5.97 Å². The summed E-state index contributed by atoms with van der Waals surface area (Å²) in [6.07, 6.45) is 10.0. The molecule has 0 aromatic rings. The predicted molar refractivity (Wildman–Crippen MR) is 63.4 cm³/mol. The maximum Gasteiger partial charge on any atom is 0.320 e. The van der Waals surface area contributed by atoms with Gasteiger partial charge in [0.2, 0.25) is 0 Å². The Balaban J connectivity index is 1.66. The van der Waals surface area contributed by atoms with Gasteiger partial charge in [-0.3, -0.25) is 9.69 Å². The molecule has 1 aliphatic heterocycles. The van der Waals surface area contributed by atoms with Crippen molar-refractivity contribution in [3.05, 3.63) is 0 Å². The lowest BCUT2D eigenvalue weighted by Crippen LogP contribution is -2.36. The van der Waals surface area contributed by atoms with Gasteiger partial charge in [-0.1, -0.05) is 25.7 Å². The maximum absolute atomic E-state index is 11.0. The molecule has 0 unspecified atom stereocenters. The van der Waals surface area contributed by atoms with Gasteiger partial charge in [0.25, 0.3) is 0 Å². The van der Waals surface area contributed by atoms with Crippen LogP contribution < -0.4 is 0 Å². The third kappa shape index (κ3) is 2.97. The summed E-state index contributed by atoms with van der Waals surface area (Å²) >= 11 is 0. The van der Waals surface area contributed by atoms with Crippen molar-refractivity contribution in [2.75, 3.05) is 13.1 Å². The van der Waals surface area contributed by atoms with Crippen LogP contribution in [-0.2, 0) is 4.79 Å². The lowest BCUT2D eigenvalue weighted by Gasteiger charge is -2.21. The molecule has 2 fully saturated rings. The van der Waals surface area contributed by atoms with Crippen LogP contribution in [-0.4, -0.2) is 35.1 Å². The Hall–Kier alpha value is -0.570. The molecule has 1 saturated carbocycles. The maximum atomic E-state index is 11.0. The molecule has 2 rings (SSSR count). The van der Waals surface area contributed by atoms with Crippen LogP contribution in [0, 0.1) is 5.92 Å². The quantitative estimate of drug-likeness (QED) is 0.781. The van der Waals surface area contributed by atoms with Gasteiger partial charge >= 0.3 is 5.97 Å². The van der Waals surface area contributed by atoms with E-state index in [-0.39, 0.29) is 6.04 Å². The fourth-order valence-electron chi connectivity index (χ4n) is 3.26. The van der Waals surface area contributed by atoms with Crippen LogP contribution in [0.3, 0.4) is 0 Å². The van der Waals surface area contributed by atoms with Crippen molar-refractivity contribution in [3.63, 3.8) is 0 Å². The molecule has 2 aliphatic rings. The molecular formula is C13H23NO2. The van der Waals surface area contributed by atoms with Gasteiger partial charge in [0.05, 0.1) is 0 Å². The highest BCUT2D eigenvalue weighted by Crippen LogP contribution is 2.29. The molecule has 1 N–H and O–H groups in total. The standard InChI is InChI=1S/C13H23NO2/c15-13(16)12-8-4-10-14(12)9-3-7-11-5-1-2-6-11/h11-12H,1-10H2,(H,15,16)/t12-/m0/s1. The molecule has 16 heavy (non-hydrogen) atoms. The number of nitrogens with zero attached hydrogens (tertiary/aromatic N) is 1. The molecule has 0 aromatic carbocycles. The fraction of sp³-hybridized carbons (Fsp3) is 0.923. The summed E-state index contributed by atoms with van der Waals surface area (Å²) in [7, 11) is 0. The van der Waals surface area contributed by atoms with Gasteiger partial charge in [0, 0.05) is 0 Å². The van der Waals surface area contributed by atoms with E-state index in [4.69, 9.17) is 5.11 Å². The summed E-state index contributed by atoms with van der Waals surface area (Å²) in [5.41, 5.74) is 0. The number of hydrogen-bond acceptors (Lipinski definition) is 2.